The first-order valence-corrected chi connectivity index (χ1v) is 7.96. The summed E-state index contributed by atoms with van der Waals surface area (Å²) in [6.07, 6.45) is 2.68. The molecule has 3 unspecified atom stereocenters. The van der Waals surface area contributed by atoms with E-state index in [2.05, 4.69) is 4.72 Å². The molecule has 0 heterocycles. The van der Waals surface area contributed by atoms with E-state index < -0.39 is 32.7 Å². The van der Waals surface area contributed by atoms with Gasteiger partial charge in [-0.2, -0.15) is 5.26 Å². The van der Waals surface area contributed by atoms with Crippen molar-refractivity contribution in [1.82, 2.24) is 4.72 Å². The third kappa shape index (κ3) is 3.25. The Hall–Kier alpha value is -1.13. The standard InChI is InChI=1S/C12H20N2O4S/c1-3-9(8-13)19(17,18)14-10-6-4-5-7-12(10,2)11(15)16/h9-10,14H,3-7H2,1-2H3,(H,15,16). The van der Waals surface area contributed by atoms with Crippen molar-refractivity contribution in [3.8, 4) is 6.07 Å². The van der Waals surface area contributed by atoms with Gasteiger partial charge in [0.2, 0.25) is 10.0 Å². The van der Waals surface area contributed by atoms with Crippen LogP contribution in [-0.2, 0) is 14.8 Å². The van der Waals surface area contributed by atoms with Gasteiger partial charge in [-0.25, -0.2) is 13.1 Å². The summed E-state index contributed by atoms with van der Waals surface area (Å²) < 4.78 is 26.5. The fourth-order valence-electron chi connectivity index (χ4n) is 2.44. The maximum absolute atomic E-state index is 12.0. The highest BCUT2D eigenvalue weighted by atomic mass is 32.2. The van der Waals surface area contributed by atoms with Gasteiger partial charge in [-0.3, -0.25) is 4.79 Å². The van der Waals surface area contributed by atoms with Gasteiger partial charge in [0.05, 0.1) is 11.5 Å². The van der Waals surface area contributed by atoms with E-state index in [0.29, 0.717) is 12.8 Å². The molecule has 0 bridgehead atoms. The average molecular weight is 288 g/mol. The zero-order valence-corrected chi connectivity index (χ0v) is 12.0. The van der Waals surface area contributed by atoms with Crippen molar-refractivity contribution in [1.29, 1.82) is 5.26 Å². The lowest BCUT2D eigenvalue weighted by atomic mass is 9.72. The van der Waals surface area contributed by atoms with Crippen LogP contribution < -0.4 is 4.72 Å². The smallest absolute Gasteiger partial charge is 0.310 e. The molecule has 0 aromatic rings. The number of aliphatic carboxylic acids is 1. The van der Waals surface area contributed by atoms with Gasteiger partial charge in [-0.15, -0.1) is 0 Å². The number of carboxylic acid groups (broad SMARTS) is 1. The molecule has 0 amide bonds. The second-order valence-corrected chi connectivity index (χ2v) is 7.10. The van der Waals surface area contributed by atoms with E-state index in [-0.39, 0.29) is 6.42 Å². The molecule has 6 nitrogen and oxygen atoms in total. The Morgan fingerprint density at radius 1 is 1.58 bits per heavy atom. The van der Waals surface area contributed by atoms with E-state index in [9.17, 15) is 18.3 Å². The monoisotopic (exact) mass is 288 g/mol. The second-order valence-electron chi connectivity index (χ2n) is 5.21. The highest BCUT2D eigenvalue weighted by molar-refractivity contribution is 7.90. The lowest BCUT2D eigenvalue weighted by molar-refractivity contribution is -0.151. The summed E-state index contributed by atoms with van der Waals surface area (Å²) in [7, 11) is -3.80. The summed E-state index contributed by atoms with van der Waals surface area (Å²) in [6, 6.07) is 1.09. The fraction of sp³-hybridized carbons (Fsp3) is 0.833. The number of carboxylic acids is 1. The second kappa shape index (κ2) is 5.88. The molecular formula is C12H20N2O4S. The quantitative estimate of drug-likeness (QED) is 0.791. The summed E-state index contributed by atoms with van der Waals surface area (Å²) in [5.41, 5.74) is -1.10. The summed E-state index contributed by atoms with van der Waals surface area (Å²) >= 11 is 0. The minimum atomic E-state index is -3.80. The maximum Gasteiger partial charge on any atom is 0.310 e. The van der Waals surface area contributed by atoms with Gasteiger partial charge in [0.1, 0.15) is 0 Å². The van der Waals surface area contributed by atoms with Crippen molar-refractivity contribution in [2.45, 2.75) is 57.2 Å². The summed E-state index contributed by atoms with van der Waals surface area (Å²) in [5.74, 6) is -0.995. The molecule has 108 valence electrons. The molecule has 0 spiro atoms. The molecule has 3 atom stereocenters. The van der Waals surface area contributed by atoms with Gasteiger partial charge in [-0.05, 0) is 26.2 Å². The number of rotatable bonds is 5. The van der Waals surface area contributed by atoms with Crippen molar-refractivity contribution in [3.63, 3.8) is 0 Å². The molecule has 1 fully saturated rings. The van der Waals surface area contributed by atoms with E-state index in [4.69, 9.17) is 5.26 Å². The lowest BCUT2D eigenvalue weighted by Crippen LogP contribution is -2.53. The first kappa shape index (κ1) is 15.9. The molecule has 0 radical (unpaired) electrons. The Morgan fingerprint density at radius 3 is 2.68 bits per heavy atom. The van der Waals surface area contributed by atoms with Crippen LogP contribution in [0.3, 0.4) is 0 Å². The molecule has 1 aliphatic rings. The minimum Gasteiger partial charge on any atom is -0.481 e. The molecule has 1 aliphatic carbocycles. The largest absolute Gasteiger partial charge is 0.481 e. The lowest BCUT2D eigenvalue weighted by Gasteiger charge is -2.38. The Morgan fingerprint density at radius 2 is 2.21 bits per heavy atom. The third-order valence-electron chi connectivity index (χ3n) is 3.89. The zero-order valence-electron chi connectivity index (χ0n) is 11.2. The molecule has 0 saturated heterocycles. The highest BCUT2D eigenvalue weighted by Gasteiger charge is 2.45. The van der Waals surface area contributed by atoms with Gasteiger partial charge < -0.3 is 5.11 Å². The van der Waals surface area contributed by atoms with E-state index in [1.54, 1.807) is 19.9 Å². The highest BCUT2D eigenvalue weighted by Crippen LogP contribution is 2.37. The summed E-state index contributed by atoms with van der Waals surface area (Å²) in [6.45, 7) is 3.18. The van der Waals surface area contributed by atoms with Crippen LogP contribution in [0.2, 0.25) is 0 Å². The molecule has 0 aliphatic heterocycles. The van der Waals surface area contributed by atoms with E-state index in [0.717, 1.165) is 12.8 Å². The fourth-order valence-corrected chi connectivity index (χ4v) is 3.96. The zero-order chi connectivity index (χ0) is 14.7. The van der Waals surface area contributed by atoms with Crippen LogP contribution in [0.4, 0.5) is 0 Å². The van der Waals surface area contributed by atoms with Crippen LogP contribution in [0, 0.1) is 16.7 Å². The maximum atomic E-state index is 12.0. The molecular weight excluding hydrogens is 268 g/mol. The molecule has 19 heavy (non-hydrogen) atoms. The predicted molar refractivity (Wildman–Crippen MR) is 69.7 cm³/mol. The number of nitriles is 1. The average Bonchev–Trinajstić information content (AvgIpc) is 2.33. The summed E-state index contributed by atoms with van der Waals surface area (Å²) in [4.78, 5) is 11.4. The van der Waals surface area contributed by atoms with Gasteiger partial charge >= 0.3 is 5.97 Å². The van der Waals surface area contributed by atoms with E-state index in [1.165, 1.54) is 0 Å². The Balaban J connectivity index is 2.96. The number of hydrogen-bond acceptors (Lipinski definition) is 4. The number of nitrogens with one attached hydrogen (secondary N) is 1. The van der Waals surface area contributed by atoms with Crippen molar-refractivity contribution in [3.05, 3.63) is 0 Å². The van der Waals surface area contributed by atoms with Crippen molar-refractivity contribution in [2.75, 3.05) is 0 Å². The van der Waals surface area contributed by atoms with Gasteiger partial charge in [0, 0.05) is 6.04 Å². The Kier molecular flexibility index (Phi) is 4.93. The van der Waals surface area contributed by atoms with Crippen molar-refractivity contribution in [2.24, 2.45) is 5.41 Å². The topological polar surface area (TPSA) is 107 Å². The van der Waals surface area contributed by atoms with Crippen molar-refractivity contribution >= 4 is 16.0 Å². The number of carbonyl (C=O) groups is 1. The van der Waals surface area contributed by atoms with Gasteiger partial charge in [-0.1, -0.05) is 19.8 Å². The minimum absolute atomic E-state index is 0.183. The van der Waals surface area contributed by atoms with Crippen LogP contribution in [0.1, 0.15) is 46.0 Å². The molecule has 2 N–H and O–H groups in total. The first-order chi connectivity index (χ1) is 8.78. The molecule has 1 saturated carbocycles. The predicted octanol–water partition coefficient (Wildman–Crippen LogP) is 1.24. The number of nitrogens with zero attached hydrogens (tertiary/aromatic N) is 1. The third-order valence-corrected chi connectivity index (χ3v) is 5.69. The van der Waals surface area contributed by atoms with Crippen LogP contribution in [0.25, 0.3) is 0 Å². The Bertz CT molecular complexity index is 482. The SMILES string of the molecule is CCC(C#N)S(=O)(=O)NC1CCCCC1(C)C(=O)O. The van der Waals surface area contributed by atoms with E-state index in [1.807, 2.05) is 0 Å². The molecule has 0 aromatic carbocycles. The Labute approximate surface area is 113 Å². The van der Waals surface area contributed by atoms with Crippen molar-refractivity contribution < 1.29 is 18.3 Å². The summed E-state index contributed by atoms with van der Waals surface area (Å²) in [5, 5.41) is 17.0. The van der Waals surface area contributed by atoms with Crippen LogP contribution >= 0.6 is 0 Å². The molecule has 0 aromatic heterocycles. The van der Waals surface area contributed by atoms with Gasteiger partial charge in [0.25, 0.3) is 0 Å². The normalized spacial score (nSPS) is 29.4. The van der Waals surface area contributed by atoms with E-state index >= 15 is 0 Å². The number of sulfonamides is 1. The first-order valence-electron chi connectivity index (χ1n) is 6.42. The van der Waals surface area contributed by atoms with Crippen LogP contribution in [0.15, 0.2) is 0 Å². The van der Waals surface area contributed by atoms with Crippen LogP contribution in [-0.4, -0.2) is 30.8 Å². The number of hydrogen-bond donors (Lipinski definition) is 2. The van der Waals surface area contributed by atoms with Crippen LogP contribution in [0.5, 0.6) is 0 Å². The van der Waals surface area contributed by atoms with Gasteiger partial charge in [0.15, 0.2) is 5.25 Å². The molecule has 7 heteroatoms. The molecule has 1 rings (SSSR count).